The standard InChI is InChI=1S/C22H26ClFN4O5/c1-12-3-4-13(7-16(12)24)11-33-19(29)10-28-6-5-17(18(9-28)32-2)26-21(30)14-8-15(23)20(25)27-22(14)31/h3-4,7-8,17-18H,5-6,9-11H2,1-2H3,(H,26,30)(H3,25,27,31)/t17-,18+/m1/s1. The van der Waals surface area contributed by atoms with Gasteiger partial charge in [0.1, 0.15) is 23.8 Å². The number of amides is 1. The van der Waals surface area contributed by atoms with Crippen LogP contribution < -0.4 is 16.6 Å². The maximum absolute atomic E-state index is 13.6. The number of H-pyrrole nitrogens is 1. The van der Waals surface area contributed by atoms with Gasteiger partial charge in [-0.15, -0.1) is 0 Å². The molecule has 0 unspecified atom stereocenters. The molecule has 9 nitrogen and oxygen atoms in total. The third-order valence-corrected chi connectivity index (χ3v) is 5.83. The van der Waals surface area contributed by atoms with Crippen LogP contribution in [0.1, 0.15) is 27.9 Å². The fourth-order valence-corrected chi connectivity index (χ4v) is 3.74. The number of likely N-dealkylation sites (tertiary alicyclic amines) is 1. The number of halogens is 2. The summed E-state index contributed by atoms with van der Waals surface area (Å²) in [7, 11) is 1.50. The van der Waals surface area contributed by atoms with Crippen LogP contribution in [-0.2, 0) is 20.9 Å². The molecule has 11 heteroatoms. The number of nitrogens with two attached hydrogens (primary N) is 1. The van der Waals surface area contributed by atoms with Crippen LogP contribution >= 0.6 is 11.6 Å². The Labute approximate surface area is 195 Å². The summed E-state index contributed by atoms with van der Waals surface area (Å²) in [6.07, 6.45) is 0.0754. The number of aromatic nitrogens is 1. The molecule has 2 aromatic rings. The van der Waals surface area contributed by atoms with E-state index < -0.39 is 23.5 Å². The van der Waals surface area contributed by atoms with E-state index in [2.05, 4.69) is 10.3 Å². The second kappa shape index (κ2) is 10.8. The lowest BCUT2D eigenvalue weighted by Gasteiger charge is -2.37. The molecule has 0 aliphatic carbocycles. The Balaban J connectivity index is 1.53. The topological polar surface area (TPSA) is 127 Å². The summed E-state index contributed by atoms with van der Waals surface area (Å²) in [6.45, 7) is 2.54. The molecule has 0 radical (unpaired) electrons. The molecule has 4 N–H and O–H groups in total. The van der Waals surface area contributed by atoms with Crippen LogP contribution in [0.2, 0.25) is 5.02 Å². The minimum absolute atomic E-state index is 0.0132. The van der Waals surface area contributed by atoms with Crippen LogP contribution in [0.15, 0.2) is 29.1 Å². The lowest BCUT2D eigenvalue weighted by Crippen LogP contribution is -2.56. The smallest absolute Gasteiger partial charge is 0.320 e. The van der Waals surface area contributed by atoms with E-state index in [0.29, 0.717) is 30.6 Å². The van der Waals surface area contributed by atoms with Gasteiger partial charge in [-0.1, -0.05) is 23.7 Å². The molecule has 0 spiro atoms. The Morgan fingerprint density at radius 3 is 2.82 bits per heavy atom. The summed E-state index contributed by atoms with van der Waals surface area (Å²) in [5.74, 6) is -1.40. The third-order valence-electron chi connectivity index (χ3n) is 5.52. The molecular formula is C22H26ClFN4O5. The summed E-state index contributed by atoms with van der Waals surface area (Å²) in [5.41, 5.74) is 5.84. The molecule has 2 atom stereocenters. The van der Waals surface area contributed by atoms with Crippen LogP contribution in [0.25, 0.3) is 0 Å². The first-order valence-corrected chi connectivity index (χ1v) is 10.7. The number of pyridine rings is 1. The van der Waals surface area contributed by atoms with Crippen LogP contribution in [0.3, 0.4) is 0 Å². The SMILES string of the molecule is CO[C@H]1CN(CC(=O)OCc2ccc(C)c(F)c2)CC[C@H]1NC(=O)c1cc(Cl)c(N)[nH]c1=O. The lowest BCUT2D eigenvalue weighted by atomic mass is 10.0. The van der Waals surface area contributed by atoms with Crippen LogP contribution in [0.5, 0.6) is 0 Å². The first kappa shape index (κ1) is 24.7. The number of nitrogens with zero attached hydrogens (tertiary/aromatic N) is 1. The van der Waals surface area contributed by atoms with Gasteiger partial charge in [-0.25, -0.2) is 4.39 Å². The summed E-state index contributed by atoms with van der Waals surface area (Å²) >= 11 is 5.91. The van der Waals surface area contributed by atoms with Crippen LogP contribution in [0, 0.1) is 12.7 Å². The van der Waals surface area contributed by atoms with Gasteiger partial charge in [-0.3, -0.25) is 19.3 Å². The number of carbonyl (C=O) groups excluding carboxylic acids is 2. The summed E-state index contributed by atoms with van der Waals surface area (Å²) in [6, 6.07) is 5.53. The number of ether oxygens (including phenoxy) is 2. The maximum Gasteiger partial charge on any atom is 0.320 e. The second-order valence-electron chi connectivity index (χ2n) is 7.90. The zero-order valence-corrected chi connectivity index (χ0v) is 19.1. The number of nitrogen functional groups attached to an aromatic ring is 1. The van der Waals surface area contributed by atoms with Gasteiger partial charge in [-0.2, -0.15) is 0 Å². The number of benzene rings is 1. The zero-order valence-electron chi connectivity index (χ0n) is 18.3. The van der Waals surface area contributed by atoms with Crippen LogP contribution in [-0.4, -0.2) is 60.7 Å². The highest BCUT2D eigenvalue weighted by Crippen LogP contribution is 2.17. The van der Waals surface area contributed by atoms with E-state index >= 15 is 0 Å². The van der Waals surface area contributed by atoms with E-state index in [4.69, 9.17) is 26.8 Å². The van der Waals surface area contributed by atoms with Gasteiger partial charge < -0.3 is 25.5 Å². The minimum atomic E-state index is -0.642. The Bertz CT molecular complexity index is 1090. The number of esters is 1. The van der Waals surface area contributed by atoms with Crippen molar-refractivity contribution >= 4 is 29.3 Å². The van der Waals surface area contributed by atoms with Crippen molar-refractivity contribution in [2.24, 2.45) is 0 Å². The molecule has 1 aromatic carbocycles. The van der Waals surface area contributed by atoms with Crippen molar-refractivity contribution in [2.75, 3.05) is 32.5 Å². The van der Waals surface area contributed by atoms with E-state index in [-0.39, 0.29) is 41.4 Å². The molecule has 2 heterocycles. The largest absolute Gasteiger partial charge is 0.460 e. The van der Waals surface area contributed by atoms with Gasteiger partial charge >= 0.3 is 5.97 Å². The molecule has 3 rings (SSSR count). The van der Waals surface area contributed by atoms with Crippen molar-refractivity contribution in [3.63, 3.8) is 0 Å². The van der Waals surface area contributed by atoms with E-state index in [1.807, 2.05) is 4.90 Å². The highest BCUT2D eigenvalue weighted by atomic mass is 35.5. The number of methoxy groups -OCH3 is 1. The number of hydrogen-bond donors (Lipinski definition) is 3. The van der Waals surface area contributed by atoms with Gasteiger partial charge in [0.25, 0.3) is 11.5 Å². The quantitative estimate of drug-likeness (QED) is 0.514. The monoisotopic (exact) mass is 480 g/mol. The van der Waals surface area contributed by atoms with Crippen molar-refractivity contribution in [1.82, 2.24) is 15.2 Å². The molecular weight excluding hydrogens is 455 g/mol. The van der Waals surface area contributed by atoms with Crippen molar-refractivity contribution in [3.05, 3.63) is 62.1 Å². The number of anilines is 1. The Morgan fingerprint density at radius 1 is 1.36 bits per heavy atom. The molecule has 1 aliphatic heterocycles. The molecule has 0 saturated carbocycles. The number of carbonyl (C=O) groups is 2. The molecule has 1 fully saturated rings. The Morgan fingerprint density at radius 2 is 2.12 bits per heavy atom. The number of nitrogens with one attached hydrogen (secondary N) is 2. The van der Waals surface area contributed by atoms with Gasteiger partial charge in [0.15, 0.2) is 0 Å². The van der Waals surface area contributed by atoms with Crippen molar-refractivity contribution < 1.29 is 23.5 Å². The number of rotatable bonds is 7. The van der Waals surface area contributed by atoms with E-state index in [9.17, 15) is 18.8 Å². The summed E-state index contributed by atoms with van der Waals surface area (Å²) in [5, 5.41) is 2.87. The molecule has 33 heavy (non-hydrogen) atoms. The van der Waals surface area contributed by atoms with Crippen molar-refractivity contribution in [3.8, 4) is 0 Å². The number of hydrogen-bond acceptors (Lipinski definition) is 7. The van der Waals surface area contributed by atoms with E-state index in [1.165, 1.54) is 19.2 Å². The molecule has 1 saturated heterocycles. The van der Waals surface area contributed by atoms with E-state index in [1.54, 1.807) is 19.1 Å². The van der Waals surface area contributed by atoms with Gasteiger partial charge in [0, 0.05) is 20.2 Å². The van der Waals surface area contributed by atoms with Gasteiger partial charge in [0.05, 0.1) is 23.7 Å². The predicted octanol–water partition coefficient (Wildman–Crippen LogP) is 1.62. The predicted molar refractivity (Wildman–Crippen MR) is 121 cm³/mol. The molecule has 0 bridgehead atoms. The minimum Gasteiger partial charge on any atom is -0.460 e. The maximum atomic E-state index is 13.6. The molecule has 1 aliphatic rings. The normalized spacial score (nSPS) is 18.7. The summed E-state index contributed by atoms with van der Waals surface area (Å²) in [4.78, 5) is 41.0. The highest BCUT2D eigenvalue weighted by Gasteiger charge is 2.32. The van der Waals surface area contributed by atoms with Gasteiger partial charge in [-0.05, 0) is 36.6 Å². The fourth-order valence-electron chi connectivity index (χ4n) is 3.58. The van der Waals surface area contributed by atoms with Crippen molar-refractivity contribution in [1.29, 1.82) is 0 Å². The number of aromatic amines is 1. The Kier molecular flexibility index (Phi) is 8.06. The average molecular weight is 481 g/mol. The van der Waals surface area contributed by atoms with Gasteiger partial charge in [0.2, 0.25) is 0 Å². The number of piperidine rings is 1. The molecule has 1 amide bonds. The zero-order chi connectivity index (χ0) is 24.1. The first-order chi connectivity index (χ1) is 15.7. The highest BCUT2D eigenvalue weighted by molar-refractivity contribution is 6.33. The summed E-state index contributed by atoms with van der Waals surface area (Å²) < 4.78 is 24.4. The molecule has 178 valence electrons. The second-order valence-corrected chi connectivity index (χ2v) is 8.30. The van der Waals surface area contributed by atoms with E-state index in [0.717, 1.165) is 0 Å². The Hall–Kier alpha value is -2.95. The lowest BCUT2D eigenvalue weighted by molar-refractivity contribution is -0.147. The first-order valence-electron chi connectivity index (χ1n) is 10.3. The number of aryl methyl sites for hydroxylation is 1. The average Bonchev–Trinajstić information content (AvgIpc) is 2.78. The third kappa shape index (κ3) is 6.31. The fraction of sp³-hybridized carbons (Fsp3) is 0.409. The van der Waals surface area contributed by atoms with Crippen LogP contribution in [0.4, 0.5) is 10.2 Å². The molecule has 1 aromatic heterocycles. The van der Waals surface area contributed by atoms with Crippen molar-refractivity contribution in [2.45, 2.75) is 32.1 Å².